The van der Waals surface area contributed by atoms with E-state index in [4.69, 9.17) is 17.0 Å². The molecule has 0 amide bonds. The smallest absolute Gasteiger partial charge is 0.165 e. The number of rotatable bonds is 1. The number of hydrogen-bond acceptors (Lipinski definition) is 4. The van der Waals surface area contributed by atoms with E-state index in [-0.39, 0.29) is 11.6 Å². The highest BCUT2D eigenvalue weighted by Crippen LogP contribution is 2.49. The number of halogens is 1. The normalized spacial score (nSPS) is 24.3. The fourth-order valence-corrected chi connectivity index (χ4v) is 8.05. The van der Waals surface area contributed by atoms with Crippen LogP contribution in [0.25, 0.3) is 20.2 Å². The first-order valence-electron chi connectivity index (χ1n) is 9.38. The summed E-state index contributed by atoms with van der Waals surface area (Å²) in [4.78, 5) is 0. The average Bonchev–Trinajstić information content (AvgIpc) is 3.39. The van der Waals surface area contributed by atoms with Crippen molar-refractivity contribution < 1.29 is 8.42 Å². The van der Waals surface area contributed by atoms with E-state index in [1.54, 1.807) is 18.3 Å². The first-order valence-corrected chi connectivity index (χ1v) is 12.2. The highest BCUT2D eigenvalue weighted by Gasteiger charge is 2.63. The monoisotopic (exact) mass is 442 g/mol. The Morgan fingerprint density at radius 2 is 1.90 bits per heavy atom. The molecule has 0 unspecified atom stereocenters. The predicted octanol–water partition coefficient (Wildman–Crippen LogP) is 4.82. The number of sulfone groups is 1. The number of hydrogen-bond donors (Lipinski definition) is 2. The summed E-state index contributed by atoms with van der Waals surface area (Å²) in [6, 6.07) is 9.99. The van der Waals surface area contributed by atoms with E-state index < -0.39 is 20.1 Å². The fourth-order valence-electron chi connectivity index (χ4n) is 4.30. The van der Waals surface area contributed by atoms with Crippen LogP contribution in [-0.4, -0.2) is 24.8 Å². The Labute approximate surface area is 178 Å². The van der Waals surface area contributed by atoms with Crippen molar-refractivity contribution in [3.8, 4) is 11.8 Å². The van der Waals surface area contributed by atoms with E-state index in [2.05, 4.69) is 17.2 Å². The predicted molar refractivity (Wildman–Crippen MR) is 121 cm³/mol. The van der Waals surface area contributed by atoms with Gasteiger partial charge < -0.3 is 5.32 Å². The number of fused-ring (bicyclic) bond motifs is 3. The minimum atomic E-state index is -3.38. The Kier molecular flexibility index (Phi) is 3.90. The minimum absolute atomic E-state index is 0.00561. The summed E-state index contributed by atoms with van der Waals surface area (Å²) in [5.41, 5.74) is 0.824. The average molecular weight is 443 g/mol. The third-order valence-corrected chi connectivity index (χ3v) is 10.3. The van der Waals surface area contributed by atoms with Crippen molar-refractivity contribution >= 4 is 58.8 Å². The molecule has 0 bridgehead atoms. The quantitative estimate of drug-likeness (QED) is 0.530. The fraction of sp³-hybridized carbons (Fsp3) is 0.318. The van der Waals surface area contributed by atoms with Crippen LogP contribution in [0.2, 0.25) is 5.02 Å². The van der Waals surface area contributed by atoms with Crippen LogP contribution >= 0.6 is 22.9 Å². The maximum atomic E-state index is 12.9. The van der Waals surface area contributed by atoms with Crippen LogP contribution in [0.1, 0.15) is 37.8 Å². The molecule has 1 aliphatic heterocycles. The molecule has 5 rings (SSSR count). The van der Waals surface area contributed by atoms with Gasteiger partial charge in [-0.25, -0.2) is 8.42 Å². The molecule has 3 aromatic rings. The molecule has 29 heavy (non-hydrogen) atoms. The van der Waals surface area contributed by atoms with Gasteiger partial charge in [-0.3, -0.25) is 5.41 Å². The molecule has 1 saturated carbocycles. The van der Waals surface area contributed by atoms with Gasteiger partial charge in [-0.05, 0) is 56.5 Å². The van der Waals surface area contributed by atoms with Crippen molar-refractivity contribution in [3.63, 3.8) is 0 Å². The lowest BCUT2D eigenvalue weighted by Gasteiger charge is -2.40. The topological polar surface area (TPSA) is 70.0 Å². The van der Waals surface area contributed by atoms with Crippen LogP contribution in [0.5, 0.6) is 0 Å². The van der Waals surface area contributed by atoms with Gasteiger partial charge in [0.05, 0.1) is 16.3 Å². The number of benzene rings is 2. The van der Waals surface area contributed by atoms with Crippen LogP contribution in [0, 0.1) is 17.3 Å². The molecule has 2 heterocycles. The van der Waals surface area contributed by atoms with E-state index in [1.807, 2.05) is 37.3 Å². The maximum Gasteiger partial charge on any atom is 0.165 e. The van der Waals surface area contributed by atoms with Crippen LogP contribution in [0.3, 0.4) is 0 Å². The molecule has 2 N–H and O–H groups in total. The zero-order valence-electron chi connectivity index (χ0n) is 16.0. The number of nitrogens with one attached hydrogen (secondary N) is 2. The van der Waals surface area contributed by atoms with Gasteiger partial charge in [-0.1, -0.05) is 23.6 Å². The van der Waals surface area contributed by atoms with Gasteiger partial charge >= 0.3 is 0 Å². The summed E-state index contributed by atoms with van der Waals surface area (Å²) in [6.45, 7) is 3.65. The lowest BCUT2D eigenvalue weighted by atomic mass is 9.91. The van der Waals surface area contributed by atoms with Gasteiger partial charge in [0.1, 0.15) is 10.6 Å². The molecule has 1 saturated heterocycles. The molecular weight excluding hydrogens is 424 g/mol. The molecule has 0 radical (unpaired) electrons. The molecule has 2 aliphatic rings. The Morgan fingerprint density at radius 3 is 2.55 bits per heavy atom. The highest BCUT2D eigenvalue weighted by molar-refractivity contribution is 7.94. The van der Waals surface area contributed by atoms with Crippen LogP contribution < -0.4 is 5.32 Å². The summed E-state index contributed by atoms with van der Waals surface area (Å²) in [5.74, 6) is 6.07. The summed E-state index contributed by atoms with van der Waals surface area (Å²) >= 11 is 8.02. The maximum absolute atomic E-state index is 12.9. The summed E-state index contributed by atoms with van der Waals surface area (Å²) in [7, 11) is -3.38. The second-order valence-corrected chi connectivity index (χ2v) is 11.9. The molecular formula is C22H19ClN2O2S2. The number of amidine groups is 1. The van der Waals surface area contributed by atoms with Crippen molar-refractivity contribution in [2.75, 3.05) is 5.75 Å². The van der Waals surface area contributed by atoms with E-state index in [1.165, 1.54) is 0 Å². The second kappa shape index (κ2) is 5.98. The first-order chi connectivity index (χ1) is 13.7. The van der Waals surface area contributed by atoms with Gasteiger partial charge in [0.15, 0.2) is 9.84 Å². The molecule has 1 aromatic heterocycles. The lowest BCUT2D eigenvalue weighted by Crippen LogP contribution is -2.60. The molecule has 7 heteroatoms. The number of thiophene rings is 1. The Morgan fingerprint density at radius 1 is 1.17 bits per heavy atom. The molecule has 1 spiro atoms. The van der Waals surface area contributed by atoms with Gasteiger partial charge in [-0.2, -0.15) is 0 Å². The summed E-state index contributed by atoms with van der Waals surface area (Å²) < 4.78 is 27.1. The van der Waals surface area contributed by atoms with Crippen LogP contribution in [0.4, 0.5) is 0 Å². The minimum Gasteiger partial charge on any atom is -0.362 e. The zero-order chi connectivity index (χ0) is 20.6. The van der Waals surface area contributed by atoms with Crippen molar-refractivity contribution in [3.05, 3.63) is 46.5 Å². The van der Waals surface area contributed by atoms with E-state index in [9.17, 15) is 8.42 Å². The standard InChI is InChI=1S/C22H19ClN2O2S2/c1-3-4-13-9-15-16-10-14(5-6-18(16)28-19(15)11-17(13)23)21(2)12-29(26,27)22(7-8-22)20(24)25-21/h5-6,9-11H,7-8,12H2,1-2H3,(H2,24,25)/t21-/m0/s1. The van der Waals surface area contributed by atoms with Crippen LogP contribution in [0.15, 0.2) is 30.3 Å². The molecule has 4 nitrogen and oxygen atoms in total. The third-order valence-electron chi connectivity index (χ3n) is 6.09. The first kappa shape index (κ1) is 18.9. The van der Waals surface area contributed by atoms with Crippen molar-refractivity contribution in [2.45, 2.75) is 37.0 Å². The van der Waals surface area contributed by atoms with Gasteiger partial charge in [0.25, 0.3) is 0 Å². The van der Waals surface area contributed by atoms with E-state index >= 15 is 0 Å². The molecule has 148 valence electrons. The Hall–Kier alpha value is -2.07. The van der Waals surface area contributed by atoms with Gasteiger partial charge in [0, 0.05) is 25.7 Å². The molecule has 2 fully saturated rings. The molecule has 1 aliphatic carbocycles. The van der Waals surface area contributed by atoms with E-state index in [0.717, 1.165) is 31.3 Å². The zero-order valence-corrected chi connectivity index (χ0v) is 18.4. The molecule has 2 aromatic carbocycles. The van der Waals surface area contributed by atoms with Crippen LogP contribution in [-0.2, 0) is 15.4 Å². The van der Waals surface area contributed by atoms with Crippen molar-refractivity contribution in [2.24, 2.45) is 0 Å². The van der Waals surface area contributed by atoms with Crippen molar-refractivity contribution in [1.29, 1.82) is 5.41 Å². The van der Waals surface area contributed by atoms with Gasteiger partial charge in [0.2, 0.25) is 0 Å². The van der Waals surface area contributed by atoms with Gasteiger partial charge in [-0.15, -0.1) is 17.3 Å². The third kappa shape index (κ3) is 2.64. The summed E-state index contributed by atoms with van der Waals surface area (Å²) in [5, 5.41) is 14.3. The Balaban J connectivity index is 1.67. The van der Waals surface area contributed by atoms with E-state index in [0.29, 0.717) is 17.9 Å². The lowest BCUT2D eigenvalue weighted by molar-refractivity contribution is 0.454. The summed E-state index contributed by atoms with van der Waals surface area (Å²) in [6.07, 6.45) is 1.10. The highest BCUT2D eigenvalue weighted by atomic mass is 35.5. The second-order valence-electron chi connectivity index (χ2n) is 8.10. The Bertz CT molecular complexity index is 1390. The SMILES string of the molecule is CC#Cc1cc2c(cc1Cl)sc1ccc([C@]3(C)CS(=O)(=O)C4(CC4)C(=N)N3)cc12. The molecule has 1 atom stereocenters. The largest absolute Gasteiger partial charge is 0.362 e. The van der Waals surface area contributed by atoms with Crippen molar-refractivity contribution in [1.82, 2.24) is 5.32 Å².